The second-order valence-corrected chi connectivity index (χ2v) is 6.08. The third kappa shape index (κ3) is 4.00. The molecule has 0 aromatic carbocycles. The number of pyridine rings is 2. The Morgan fingerprint density at radius 3 is 3.04 bits per heavy atom. The monoisotopic (exact) mass is 362 g/mol. The van der Waals surface area contributed by atoms with E-state index in [0.29, 0.717) is 37.5 Å². The third-order valence-corrected chi connectivity index (χ3v) is 4.18. The molecule has 1 N–H and O–H groups in total. The van der Waals surface area contributed by atoms with Gasteiger partial charge >= 0.3 is 0 Å². The maximum atomic E-state index is 12.1. The van der Waals surface area contributed by atoms with Gasteiger partial charge in [-0.2, -0.15) is 10.1 Å². The first-order chi connectivity index (χ1) is 13.3. The van der Waals surface area contributed by atoms with Crippen LogP contribution >= 0.6 is 0 Å². The number of hydrogen-bond donors (Lipinski definition) is 1. The molecule has 0 bridgehead atoms. The lowest BCUT2D eigenvalue weighted by Crippen LogP contribution is -2.22. The summed E-state index contributed by atoms with van der Waals surface area (Å²) in [4.78, 5) is 20.5. The number of amides is 1. The number of hydrogen-bond acceptors (Lipinski definition) is 6. The zero-order valence-electron chi connectivity index (χ0n) is 14.6. The molecule has 0 spiro atoms. The summed E-state index contributed by atoms with van der Waals surface area (Å²) in [5.74, 6) is 1.02. The summed E-state index contributed by atoms with van der Waals surface area (Å²) in [6, 6.07) is 9.51. The van der Waals surface area contributed by atoms with Gasteiger partial charge in [-0.05, 0) is 36.2 Å². The van der Waals surface area contributed by atoms with Crippen LogP contribution in [0.25, 0.3) is 16.9 Å². The quantitative estimate of drug-likeness (QED) is 0.542. The molecule has 0 aliphatic carbocycles. The average Bonchev–Trinajstić information content (AvgIpc) is 3.37. The highest BCUT2D eigenvalue weighted by atomic mass is 16.5. The molecule has 8 heteroatoms. The fraction of sp³-hybridized carbons (Fsp3) is 0.211. The van der Waals surface area contributed by atoms with Crippen LogP contribution in [0.2, 0.25) is 0 Å². The Morgan fingerprint density at radius 1 is 1.19 bits per heavy atom. The molecule has 27 heavy (non-hydrogen) atoms. The number of aryl methyl sites for hydroxylation is 1. The van der Waals surface area contributed by atoms with E-state index in [9.17, 15) is 4.79 Å². The van der Waals surface area contributed by atoms with Crippen molar-refractivity contribution in [2.24, 2.45) is 0 Å². The van der Waals surface area contributed by atoms with Crippen molar-refractivity contribution in [1.29, 1.82) is 0 Å². The van der Waals surface area contributed by atoms with Crippen molar-refractivity contribution in [3.63, 3.8) is 0 Å². The van der Waals surface area contributed by atoms with Gasteiger partial charge in [0.05, 0.1) is 5.52 Å². The van der Waals surface area contributed by atoms with E-state index in [1.54, 1.807) is 23.1 Å². The van der Waals surface area contributed by atoms with E-state index in [-0.39, 0.29) is 5.91 Å². The molecule has 4 aromatic rings. The molecule has 0 unspecified atom stereocenters. The van der Waals surface area contributed by atoms with Gasteiger partial charge in [0.1, 0.15) is 0 Å². The summed E-state index contributed by atoms with van der Waals surface area (Å²) in [7, 11) is 0. The van der Waals surface area contributed by atoms with Gasteiger partial charge in [-0.3, -0.25) is 9.78 Å². The SMILES string of the molecule is O=C(CCCc1nc(-c2cccnc2)no1)NCc1cccn2nccc12. The number of fused-ring (bicyclic) bond motifs is 1. The van der Waals surface area contributed by atoms with Gasteiger partial charge in [-0.25, -0.2) is 4.52 Å². The Bertz CT molecular complexity index is 1040. The van der Waals surface area contributed by atoms with Crippen molar-refractivity contribution in [3.05, 3.63) is 66.6 Å². The Kier molecular flexibility index (Phi) is 4.86. The highest BCUT2D eigenvalue weighted by Crippen LogP contribution is 2.15. The minimum Gasteiger partial charge on any atom is -0.352 e. The fourth-order valence-corrected chi connectivity index (χ4v) is 2.81. The van der Waals surface area contributed by atoms with Gasteiger partial charge in [0.2, 0.25) is 17.6 Å². The maximum absolute atomic E-state index is 12.1. The lowest BCUT2D eigenvalue weighted by Gasteiger charge is -2.06. The first-order valence-electron chi connectivity index (χ1n) is 8.70. The molecule has 4 rings (SSSR count). The molecule has 0 saturated heterocycles. The summed E-state index contributed by atoms with van der Waals surface area (Å²) in [5, 5.41) is 11.1. The normalized spacial score (nSPS) is 11.0. The molecular weight excluding hydrogens is 344 g/mol. The Morgan fingerprint density at radius 2 is 2.15 bits per heavy atom. The Hall–Kier alpha value is -3.55. The molecule has 1 amide bonds. The number of aromatic nitrogens is 5. The molecule has 0 saturated carbocycles. The Balaban J connectivity index is 1.25. The first-order valence-corrected chi connectivity index (χ1v) is 8.70. The lowest BCUT2D eigenvalue weighted by molar-refractivity contribution is -0.121. The van der Waals surface area contributed by atoms with Gasteiger partial charge in [0, 0.05) is 49.7 Å². The number of nitrogens with zero attached hydrogens (tertiary/aromatic N) is 5. The van der Waals surface area contributed by atoms with Crippen LogP contribution in [0.15, 0.2) is 59.6 Å². The first kappa shape index (κ1) is 16.9. The molecule has 8 nitrogen and oxygen atoms in total. The summed E-state index contributed by atoms with van der Waals surface area (Å²) >= 11 is 0. The van der Waals surface area contributed by atoms with Crippen LogP contribution in [0.1, 0.15) is 24.3 Å². The van der Waals surface area contributed by atoms with Crippen LogP contribution in [0.5, 0.6) is 0 Å². The molecule has 136 valence electrons. The van der Waals surface area contributed by atoms with Crippen LogP contribution in [-0.2, 0) is 17.8 Å². The molecule has 0 aliphatic heterocycles. The molecule has 4 aromatic heterocycles. The van der Waals surface area contributed by atoms with Crippen LogP contribution in [-0.4, -0.2) is 30.6 Å². The Labute approximate surface area is 155 Å². The van der Waals surface area contributed by atoms with E-state index >= 15 is 0 Å². The largest absolute Gasteiger partial charge is 0.352 e. The molecule has 0 radical (unpaired) electrons. The minimum absolute atomic E-state index is 0.0106. The fourth-order valence-electron chi connectivity index (χ4n) is 2.81. The summed E-state index contributed by atoms with van der Waals surface area (Å²) in [6.07, 6.45) is 8.58. The molecule has 0 aliphatic rings. The summed E-state index contributed by atoms with van der Waals surface area (Å²) in [6.45, 7) is 0.473. The van der Waals surface area contributed by atoms with Crippen molar-refractivity contribution in [1.82, 2.24) is 30.1 Å². The van der Waals surface area contributed by atoms with Crippen LogP contribution < -0.4 is 5.32 Å². The number of nitrogens with one attached hydrogen (secondary N) is 1. The number of carbonyl (C=O) groups is 1. The zero-order valence-corrected chi connectivity index (χ0v) is 14.6. The van der Waals surface area contributed by atoms with E-state index in [2.05, 4.69) is 25.5 Å². The summed E-state index contributed by atoms with van der Waals surface area (Å²) in [5.41, 5.74) is 2.83. The second-order valence-electron chi connectivity index (χ2n) is 6.08. The molecule has 0 fully saturated rings. The van der Waals surface area contributed by atoms with E-state index in [0.717, 1.165) is 16.6 Å². The zero-order chi connectivity index (χ0) is 18.5. The van der Waals surface area contributed by atoms with E-state index in [1.807, 2.05) is 36.5 Å². The van der Waals surface area contributed by atoms with E-state index in [1.165, 1.54) is 0 Å². The van der Waals surface area contributed by atoms with Crippen LogP contribution in [0, 0.1) is 0 Å². The lowest BCUT2D eigenvalue weighted by atomic mass is 10.2. The van der Waals surface area contributed by atoms with Crippen molar-refractivity contribution in [3.8, 4) is 11.4 Å². The average molecular weight is 362 g/mol. The highest BCUT2D eigenvalue weighted by Gasteiger charge is 2.10. The van der Waals surface area contributed by atoms with Gasteiger partial charge in [-0.15, -0.1) is 0 Å². The van der Waals surface area contributed by atoms with Crippen molar-refractivity contribution in [2.45, 2.75) is 25.8 Å². The predicted molar refractivity (Wildman–Crippen MR) is 97.5 cm³/mol. The van der Waals surface area contributed by atoms with Crippen molar-refractivity contribution >= 4 is 11.4 Å². The smallest absolute Gasteiger partial charge is 0.226 e. The van der Waals surface area contributed by atoms with E-state index in [4.69, 9.17) is 4.52 Å². The van der Waals surface area contributed by atoms with E-state index < -0.39 is 0 Å². The van der Waals surface area contributed by atoms with Gasteiger partial charge < -0.3 is 9.84 Å². The highest BCUT2D eigenvalue weighted by molar-refractivity contribution is 5.76. The van der Waals surface area contributed by atoms with Gasteiger partial charge in [0.25, 0.3) is 0 Å². The number of carbonyl (C=O) groups excluding carboxylic acids is 1. The minimum atomic E-state index is -0.0106. The third-order valence-electron chi connectivity index (χ3n) is 4.18. The topological polar surface area (TPSA) is 98.2 Å². The molecular formula is C19H18N6O2. The summed E-state index contributed by atoms with van der Waals surface area (Å²) < 4.78 is 7.03. The van der Waals surface area contributed by atoms with Crippen LogP contribution in [0.4, 0.5) is 0 Å². The van der Waals surface area contributed by atoms with Gasteiger partial charge in [-0.1, -0.05) is 11.2 Å². The second kappa shape index (κ2) is 7.77. The van der Waals surface area contributed by atoms with Crippen molar-refractivity contribution < 1.29 is 9.32 Å². The van der Waals surface area contributed by atoms with Crippen LogP contribution in [0.3, 0.4) is 0 Å². The molecule has 4 heterocycles. The number of rotatable bonds is 7. The van der Waals surface area contributed by atoms with Crippen molar-refractivity contribution in [2.75, 3.05) is 0 Å². The molecule has 0 atom stereocenters. The predicted octanol–water partition coefficient (Wildman–Crippen LogP) is 2.42. The maximum Gasteiger partial charge on any atom is 0.226 e. The standard InChI is InChI=1S/C19H18N6O2/c26-17(21-13-14-5-3-11-25-16(14)8-10-22-25)6-1-7-18-23-19(24-27-18)15-4-2-9-20-12-15/h2-5,8-12H,1,6-7,13H2,(H,21,26). The van der Waals surface area contributed by atoms with Gasteiger partial charge in [0.15, 0.2) is 0 Å².